The van der Waals surface area contributed by atoms with Crippen LogP contribution in [0, 0.1) is 0 Å². The Morgan fingerprint density at radius 1 is 1.27 bits per heavy atom. The Morgan fingerprint density at radius 2 is 2.00 bits per heavy atom. The Hall–Kier alpha value is -2.42. The molecule has 3 aromatic rings. The van der Waals surface area contributed by atoms with Gasteiger partial charge in [-0.25, -0.2) is 4.98 Å². The second kappa shape index (κ2) is 5.09. The van der Waals surface area contributed by atoms with Crippen molar-refractivity contribution in [3.8, 4) is 16.3 Å². The number of ether oxygens (including phenoxy) is 1. The Kier molecular flexibility index (Phi) is 3.36. The van der Waals surface area contributed by atoms with Gasteiger partial charge in [0.25, 0.3) is 5.56 Å². The first-order valence-corrected chi connectivity index (χ1v) is 6.83. The lowest BCUT2D eigenvalue weighted by molar-refractivity contribution is -0.141. The van der Waals surface area contributed by atoms with Gasteiger partial charge < -0.3 is 4.74 Å². The lowest BCUT2D eigenvalue weighted by Gasteiger charge is -2.03. The molecule has 3 rings (SSSR count). The molecule has 0 aliphatic rings. The molecule has 0 aliphatic carbocycles. The molecule has 9 heteroatoms. The first-order chi connectivity index (χ1) is 10.4. The van der Waals surface area contributed by atoms with E-state index in [2.05, 4.69) is 10.1 Å². The molecule has 0 amide bonds. The van der Waals surface area contributed by atoms with E-state index >= 15 is 0 Å². The number of para-hydroxylation sites is 1. The molecule has 0 unspecified atom stereocenters. The van der Waals surface area contributed by atoms with E-state index in [0.29, 0.717) is 22.4 Å². The molecule has 0 fully saturated rings. The molecule has 5 nitrogen and oxygen atoms in total. The number of methoxy groups -OCH3 is 1. The highest BCUT2D eigenvalue weighted by Gasteiger charge is 2.34. The highest BCUT2D eigenvalue weighted by Crippen LogP contribution is 2.33. The minimum absolute atomic E-state index is 0.124. The van der Waals surface area contributed by atoms with Crippen molar-refractivity contribution in [1.82, 2.24) is 14.6 Å². The summed E-state index contributed by atoms with van der Waals surface area (Å²) in [7, 11) is 1.47. The van der Waals surface area contributed by atoms with Gasteiger partial charge in [-0.2, -0.15) is 22.8 Å². The van der Waals surface area contributed by atoms with E-state index in [-0.39, 0.29) is 4.96 Å². The van der Waals surface area contributed by atoms with Crippen molar-refractivity contribution < 1.29 is 17.9 Å². The maximum Gasteiger partial charge on any atom is 0.433 e. The number of rotatable bonds is 2. The summed E-state index contributed by atoms with van der Waals surface area (Å²) in [5.74, 6) is 0.505. The average Bonchev–Trinajstić information content (AvgIpc) is 2.90. The Balaban J connectivity index is 2.22. The number of benzene rings is 1. The molecular weight excluding hydrogens is 319 g/mol. The van der Waals surface area contributed by atoms with Gasteiger partial charge in [-0.1, -0.05) is 23.5 Å². The van der Waals surface area contributed by atoms with Crippen LogP contribution in [0.15, 0.2) is 35.1 Å². The third-order valence-corrected chi connectivity index (χ3v) is 3.81. The molecule has 114 valence electrons. The molecule has 1 aromatic carbocycles. The van der Waals surface area contributed by atoms with E-state index in [1.54, 1.807) is 24.3 Å². The zero-order chi connectivity index (χ0) is 15.9. The molecule has 22 heavy (non-hydrogen) atoms. The van der Waals surface area contributed by atoms with Crippen LogP contribution in [-0.4, -0.2) is 21.7 Å². The number of fused-ring (bicyclic) bond motifs is 1. The summed E-state index contributed by atoms with van der Waals surface area (Å²) in [5, 5.41) is 4.38. The molecule has 0 N–H and O–H groups in total. The highest BCUT2D eigenvalue weighted by molar-refractivity contribution is 7.19. The van der Waals surface area contributed by atoms with E-state index in [1.807, 2.05) is 0 Å². The summed E-state index contributed by atoms with van der Waals surface area (Å²) >= 11 is 0.885. The average molecular weight is 327 g/mol. The fraction of sp³-hybridized carbons (Fsp3) is 0.154. The lowest BCUT2D eigenvalue weighted by Crippen LogP contribution is -2.19. The SMILES string of the molecule is COc1ccccc1-c1nn2c(=O)cc(C(F)(F)F)nc2s1. The molecule has 0 bridgehead atoms. The third kappa shape index (κ3) is 2.43. The van der Waals surface area contributed by atoms with Crippen LogP contribution in [0.25, 0.3) is 15.5 Å². The quantitative estimate of drug-likeness (QED) is 0.726. The molecule has 0 spiro atoms. The maximum absolute atomic E-state index is 12.7. The number of hydrogen-bond donors (Lipinski definition) is 0. The number of alkyl halides is 3. The minimum Gasteiger partial charge on any atom is -0.496 e. The number of halogens is 3. The normalized spacial score (nSPS) is 11.8. The van der Waals surface area contributed by atoms with Crippen molar-refractivity contribution in [2.45, 2.75) is 6.18 Å². The summed E-state index contributed by atoms with van der Waals surface area (Å²) in [5.41, 5.74) is -1.53. The van der Waals surface area contributed by atoms with Gasteiger partial charge in [0.05, 0.1) is 12.7 Å². The van der Waals surface area contributed by atoms with Crippen LogP contribution in [0.4, 0.5) is 13.2 Å². The summed E-state index contributed by atoms with van der Waals surface area (Å²) in [6.07, 6.45) is -4.68. The van der Waals surface area contributed by atoms with Gasteiger partial charge in [0.2, 0.25) is 4.96 Å². The predicted octanol–water partition coefficient (Wildman–Crippen LogP) is 2.85. The first-order valence-electron chi connectivity index (χ1n) is 6.01. The second-order valence-electron chi connectivity index (χ2n) is 4.28. The molecule has 0 radical (unpaired) electrons. The summed E-state index contributed by atoms with van der Waals surface area (Å²) in [4.78, 5) is 15.1. The first kappa shape index (κ1) is 14.5. The molecule has 0 aliphatic heterocycles. The third-order valence-electron chi connectivity index (χ3n) is 2.87. The van der Waals surface area contributed by atoms with Crippen LogP contribution < -0.4 is 10.3 Å². The lowest BCUT2D eigenvalue weighted by atomic mass is 10.2. The Bertz CT molecular complexity index is 901. The fourth-order valence-electron chi connectivity index (χ4n) is 1.89. The van der Waals surface area contributed by atoms with Crippen LogP contribution in [0.3, 0.4) is 0 Å². The van der Waals surface area contributed by atoms with E-state index in [9.17, 15) is 18.0 Å². The van der Waals surface area contributed by atoms with Crippen molar-refractivity contribution in [2.24, 2.45) is 0 Å². The van der Waals surface area contributed by atoms with Crippen molar-refractivity contribution in [1.29, 1.82) is 0 Å². The van der Waals surface area contributed by atoms with Crippen LogP contribution >= 0.6 is 11.3 Å². The monoisotopic (exact) mass is 327 g/mol. The predicted molar refractivity (Wildman–Crippen MR) is 74.1 cm³/mol. The van der Waals surface area contributed by atoms with E-state index < -0.39 is 17.4 Å². The van der Waals surface area contributed by atoms with Gasteiger partial charge >= 0.3 is 6.18 Å². The van der Waals surface area contributed by atoms with Crippen molar-refractivity contribution in [3.63, 3.8) is 0 Å². The van der Waals surface area contributed by atoms with Gasteiger partial charge in [0, 0.05) is 6.07 Å². The van der Waals surface area contributed by atoms with Crippen LogP contribution in [0.2, 0.25) is 0 Å². The number of aromatic nitrogens is 3. The number of nitrogens with zero attached hydrogens (tertiary/aromatic N) is 3. The van der Waals surface area contributed by atoms with E-state index in [1.165, 1.54) is 7.11 Å². The largest absolute Gasteiger partial charge is 0.496 e. The van der Waals surface area contributed by atoms with Gasteiger partial charge in [-0.15, -0.1) is 0 Å². The van der Waals surface area contributed by atoms with Crippen molar-refractivity contribution in [2.75, 3.05) is 7.11 Å². The zero-order valence-corrected chi connectivity index (χ0v) is 11.9. The van der Waals surface area contributed by atoms with E-state index in [4.69, 9.17) is 4.74 Å². The maximum atomic E-state index is 12.7. The molecular formula is C13H8F3N3O2S. The van der Waals surface area contributed by atoms with E-state index in [0.717, 1.165) is 15.9 Å². The summed E-state index contributed by atoms with van der Waals surface area (Å²) in [6.45, 7) is 0. The topological polar surface area (TPSA) is 56.5 Å². The Morgan fingerprint density at radius 3 is 2.68 bits per heavy atom. The summed E-state index contributed by atoms with van der Waals surface area (Å²) in [6, 6.07) is 7.31. The van der Waals surface area contributed by atoms with Gasteiger partial charge in [0.1, 0.15) is 5.75 Å². The summed E-state index contributed by atoms with van der Waals surface area (Å²) < 4.78 is 44.1. The Labute approximate surface area is 125 Å². The van der Waals surface area contributed by atoms with Crippen molar-refractivity contribution in [3.05, 3.63) is 46.4 Å². The van der Waals surface area contributed by atoms with Crippen LogP contribution in [0.5, 0.6) is 5.75 Å². The van der Waals surface area contributed by atoms with Gasteiger partial charge in [-0.3, -0.25) is 4.79 Å². The number of hydrogen-bond acceptors (Lipinski definition) is 5. The standard InChI is InChI=1S/C13H8F3N3O2S/c1-21-8-5-3-2-4-7(8)11-18-19-10(20)6-9(13(14,15)16)17-12(19)22-11/h2-6H,1H3. The molecule has 0 saturated carbocycles. The van der Waals surface area contributed by atoms with Crippen LogP contribution in [0.1, 0.15) is 5.69 Å². The minimum atomic E-state index is -4.68. The van der Waals surface area contributed by atoms with Gasteiger partial charge in [-0.05, 0) is 12.1 Å². The zero-order valence-electron chi connectivity index (χ0n) is 11.1. The highest BCUT2D eigenvalue weighted by atomic mass is 32.1. The molecule has 2 heterocycles. The van der Waals surface area contributed by atoms with Gasteiger partial charge in [0.15, 0.2) is 10.7 Å². The molecule has 0 atom stereocenters. The molecule has 2 aromatic heterocycles. The second-order valence-corrected chi connectivity index (χ2v) is 5.24. The fourth-order valence-corrected chi connectivity index (χ4v) is 2.82. The van der Waals surface area contributed by atoms with Crippen LogP contribution in [-0.2, 0) is 6.18 Å². The van der Waals surface area contributed by atoms with Crippen molar-refractivity contribution >= 4 is 16.3 Å². The smallest absolute Gasteiger partial charge is 0.433 e. The molecule has 0 saturated heterocycles.